The van der Waals surface area contributed by atoms with E-state index < -0.39 is 18.6 Å². The number of carbonyl (C=O) groups excluding carboxylic acids is 1. The predicted molar refractivity (Wildman–Crippen MR) is 152 cm³/mol. The third-order valence-electron chi connectivity index (χ3n) is 5.52. The van der Waals surface area contributed by atoms with Crippen LogP contribution in [0, 0.1) is 0 Å². The van der Waals surface area contributed by atoms with Gasteiger partial charge in [-0.2, -0.15) is 13.2 Å². The molecule has 0 saturated carbocycles. The summed E-state index contributed by atoms with van der Waals surface area (Å²) in [4.78, 5) is 24.2. The van der Waals surface area contributed by atoms with Gasteiger partial charge in [0.15, 0.2) is 0 Å². The Balaban J connectivity index is 0.000000718. The van der Waals surface area contributed by atoms with Gasteiger partial charge in [0.1, 0.15) is 5.75 Å². The van der Waals surface area contributed by atoms with E-state index >= 15 is 0 Å². The van der Waals surface area contributed by atoms with Crippen molar-refractivity contribution in [2.24, 2.45) is 0 Å². The first kappa shape index (κ1) is 35.5. The lowest BCUT2D eigenvalue weighted by molar-refractivity contribution is -0.136. The van der Waals surface area contributed by atoms with Gasteiger partial charge in [-0.1, -0.05) is 68.5 Å². The molecule has 1 amide bonds. The van der Waals surface area contributed by atoms with E-state index in [0.29, 0.717) is 19.4 Å². The van der Waals surface area contributed by atoms with Crippen molar-refractivity contribution in [1.29, 1.82) is 0 Å². The topological polar surface area (TPSA) is 66.8 Å². The second-order valence-electron chi connectivity index (χ2n) is 8.29. The highest BCUT2D eigenvalue weighted by Crippen LogP contribution is 2.27. The first-order valence-electron chi connectivity index (χ1n) is 13.1. The van der Waals surface area contributed by atoms with E-state index in [-0.39, 0.29) is 18.9 Å². The largest absolute Gasteiger partial charge is 0.496 e. The van der Waals surface area contributed by atoms with Crippen molar-refractivity contribution < 1.29 is 32.6 Å². The molecule has 5 nitrogen and oxygen atoms in total. The zero-order valence-corrected chi connectivity index (χ0v) is 23.8. The lowest BCUT2D eigenvalue weighted by atomic mass is 10.0. The quantitative estimate of drug-likeness (QED) is 0.291. The van der Waals surface area contributed by atoms with E-state index in [4.69, 9.17) is 9.84 Å². The Morgan fingerprint density at radius 3 is 2.18 bits per heavy atom. The van der Waals surface area contributed by atoms with Crippen molar-refractivity contribution >= 4 is 17.4 Å². The van der Waals surface area contributed by atoms with E-state index in [1.165, 1.54) is 6.08 Å². The SMILES string of the molecule is C/C=C(\C)c1cc(CC(=O)O)ccc1OC.CC.CCN(C/C=C/CC(F)(F)F)C(=O)CCc1ccccc1. The minimum Gasteiger partial charge on any atom is -0.496 e. The summed E-state index contributed by atoms with van der Waals surface area (Å²) >= 11 is 0. The van der Waals surface area contributed by atoms with Gasteiger partial charge in [-0.3, -0.25) is 9.59 Å². The molecule has 0 atom stereocenters. The number of halogens is 3. The predicted octanol–water partition coefficient (Wildman–Crippen LogP) is 7.75. The number of carbonyl (C=O) groups is 2. The second kappa shape index (κ2) is 19.5. The summed E-state index contributed by atoms with van der Waals surface area (Å²) in [5, 5.41) is 8.73. The molecular formula is C31H42F3NO4. The number of aryl methyl sites for hydroxylation is 1. The lowest BCUT2D eigenvalue weighted by Gasteiger charge is -2.19. The van der Waals surface area contributed by atoms with Crippen molar-refractivity contribution in [3.63, 3.8) is 0 Å². The van der Waals surface area contributed by atoms with Crippen molar-refractivity contribution in [1.82, 2.24) is 4.90 Å². The summed E-state index contributed by atoms with van der Waals surface area (Å²) < 4.78 is 41.2. The van der Waals surface area contributed by atoms with Crippen LogP contribution >= 0.6 is 0 Å². The zero-order valence-electron chi connectivity index (χ0n) is 23.8. The Morgan fingerprint density at radius 2 is 1.67 bits per heavy atom. The highest BCUT2D eigenvalue weighted by molar-refractivity contribution is 5.76. The van der Waals surface area contributed by atoms with Gasteiger partial charge in [-0.25, -0.2) is 0 Å². The Kier molecular flexibility index (Phi) is 17.7. The molecule has 2 rings (SSSR count). The molecule has 0 heterocycles. The average Bonchev–Trinajstić information content (AvgIpc) is 2.92. The van der Waals surface area contributed by atoms with Crippen LogP contribution in [0.3, 0.4) is 0 Å². The molecular weight excluding hydrogens is 507 g/mol. The summed E-state index contributed by atoms with van der Waals surface area (Å²) in [5.74, 6) is -0.100. The second-order valence-corrected chi connectivity index (χ2v) is 8.29. The molecule has 0 aliphatic heterocycles. The molecule has 0 aromatic heterocycles. The van der Waals surface area contributed by atoms with Gasteiger partial charge in [0.2, 0.25) is 5.91 Å². The monoisotopic (exact) mass is 549 g/mol. The van der Waals surface area contributed by atoms with Crippen molar-refractivity contribution in [2.75, 3.05) is 20.2 Å². The molecule has 0 aliphatic carbocycles. The molecule has 1 N–H and O–H groups in total. The van der Waals surface area contributed by atoms with Crippen molar-refractivity contribution in [2.45, 2.75) is 66.5 Å². The molecule has 39 heavy (non-hydrogen) atoms. The smallest absolute Gasteiger partial charge is 0.392 e. The van der Waals surface area contributed by atoms with Gasteiger partial charge in [-0.05, 0) is 56.0 Å². The third kappa shape index (κ3) is 15.5. The maximum Gasteiger partial charge on any atom is 0.392 e. The van der Waals surface area contributed by atoms with Crippen LogP contribution in [0.1, 0.15) is 64.2 Å². The standard InChI is InChI=1S/C16H20F3NO.C13H16O3.C2H6/c1-2-20(13-7-6-12-16(17,18)19)15(21)11-10-14-8-4-3-5-9-14;1-4-9(2)11-7-10(8-13(14)15)5-6-12(11)16-3;1-2/h3-9H,2,10-13H2,1H3;4-7H,8H2,1-3H3,(H,14,15);1-2H3/b7-6+;9-4+;. The van der Waals surface area contributed by atoms with E-state index in [1.807, 2.05) is 77.1 Å². The molecule has 0 spiro atoms. The number of alkyl halides is 3. The zero-order chi connectivity index (χ0) is 29.8. The summed E-state index contributed by atoms with van der Waals surface area (Å²) in [5.41, 5.74) is 3.88. The minimum absolute atomic E-state index is 0.0357. The number of hydrogen-bond acceptors (Lipinski definition) is 3. The Labute approximate surface area is 231 Å². The van der Waals surface area contributed by atoms with Crippen LogP contribution in [0.4, 0.5) is 13.2 Å². The number of carboxylic acid groups (broad SMARTS) is 1. The van der Waals surface area contributed by atoms with Crippen LogP contribution in [0.5, 0.6) is 5.75 Å². The van der Waals surface area contributed by atoms with E-state index in [9.17, 15) is 22.8 Å². The number of aliphatic carboxylic acids is 1. The molecule has 8 heteroatoms. The maximum absolute atomic E-state index is 12.0. The third-order valence-corrected chi connectivity index (χ3v) is 5.52. The number of amides is 1. The van der Waals surface area contributed by atoms with E-state index in [1.54, 1.807) is 24.1 Å². The van der Waals surface area contributed by atoms with Crippen molar-refractivity contribution in [3.8, 4) is 5.75 Å². The first-order valence-corrected chi connectivity index (χ1v) is 13.1. The molecule has 0 aliphatic rings. The van der Waals surface area contributed by atoms with Crippen LogP contribution in [0.15, 0.2) is 66.8 Å². The molecule has 2 aromatic rings. The summed E-state index contributed by atoms with van der Waals surface area (Å²) in [6.45, 7) is 10.4. The van der Waals surface area contributed by atoms with E-state index in [0.717, 1.165) is 34.1 Å². The van der Waals surface area contributed by atoms with Gasteiger partial charge < -0.3 is 14.7 Å². The average molecular weight is 550 g/mol. The fraction of sp³-hybridized carbons (Fsp3) is 0.419. The number of hydrogen-bond donors (Lipinski definition) is 1. The van der Waals surface area contributed by atoms with Gasteiger partial charge in [-0.15, -0.1) is 0 Å². The molecule has 0 fully saturated rings. The van der Waals surface area contributed by atoms with Crippen LogP contribution in [0.25, 0.3) is 5.57 Å². The number of nitrogens with zero attached hydrogens (tertiary/aromatic N) is 1. The number of methoxy groups -OCH3 is 1. The van der Waals surface area contributed by atoms with E-state index in [2.05, 4.69) is 0 Å². The number of carboxylic acids is 1. The number of likely N-dealkylation sites (N-methyl/N-ethyl adjacent to an activating group) is 1. The Hall–Kier alpha value is -3.55. The fourth-order valence-electron chi connectivity index (χ4n) is 3.38. The van der Waals surface area contributed by atoms with Crippen LogP contribution in [-0.4, -0.2) is 48.3 Å². The van der Waals surface area contributed by atoms with Crippen molar-refractivity contribution in [3.05, 3.63) is 83.4 Å². The number of ether oxygens (including phenoxy) is 1. The molecule has 0 unspecified atom stereocenters. The first-order chi connectivity index (χ1) is 18.5. The fourth-order valence-corrected chi connectivity index (χ4v) is 3.38. The molecule has 0 radical (unpaired) electrons. The highest BCUT2D eigenvalue weighted by atomic mass is 19.4. The normalized spacial score (nSPS) is 11.2. The van der Waals surface area contributed by atoms with Gasteiger partial charge >= 0.3 is 12.1 Å². The molecule has 0 saturated heterocycles. The van der Waals surface area contributed by atoms with Crippen LogP contribution < -0.4 is 4.74 Å². The van der Waals surface area contributed by atoms with Gasteiger partial charge in [0.25, 0.3) is 0 Å². The Bertz CT molecular complexity index is 1050. The summed E-state index contributed by atoms with van der Waals surface area (Å²) in [7, 11) is 1.61. The minimum atomic E-state index is -4.19. The van der Waals surface area contributed by atoms with Crippen LogP contribution in [0.2, 0.25) is 0 Å². The highest BCUT2D eigenvalue weighted by Gasteiger charge is 2.24. The lowest BCUT2D eigenvalue weighted by Crippen LogP contribution is -2.31. The van der Waals surface area contributed by atoms with Crippen LogP contribution in [-0.2, 0) is 22.4 Å². The number of benzene rings is 2. The van der Waals surface area contributed by atoms with Gasteiger partial charge in [0.05, 0.1) is 20.0 Å². The maximum atomic E-state index is 12.0. The molecule has 0 bridgehead atoms. The Morgan fingerprint density at radius 1 is 1.03 bits per heavy atom. The summed E-state index contributed by atoms with van der Waals surface area (Å²) in [6, 6.07) is 15.1. The number of rotatable bonds is 11. The summed E-state index contributed by atoms with van der Waals surface area (Å²) in [6.07, 6.45) is 0.335. The molecule has 2 aromatic carbocycles. The molecule has 216 valence electrons. The van der Waals surface area contributed by atoms with Gasteiger partial charge in [0, 0.05) is 25.1 Å². The number of allylic oxidation sites excluding steroid dienone is 3.